The van der Waals surface area contributed by atoms with E-state index in [4.69, 9.17) is 0 Å². The van der Waals surface area contributed by atoms with Crippen LogP contribution in [-0.4, -0.2) is 39.2 Å². The van der Waals surface area contributed by atoms with Crippen molar-refractivity contribution < 1.29 is 0 Å². The van der Waals surface area contributed by atoms with Gasteiger partial charge in [-0.1, -0.05) is 17.7 Å². The molecule has 0 saturated heterocycles. The fourth-order valence-electron chi connectivity index (χ4n) is 1.71. The molecule has 0 N–H and O–H groups in total. The monoisotopic (exact) mass is 140 g/mol. The van der Waals surface area contributed by atoms with Gasteiger partial charge < -0.3 is 0 Å². The minimum Gasteiger partial charge on any atom is -0.122 e. The summed E-state index contributed by atoms with van der Waals surface area (Å²) < 4.78 is 0. The SMILES string of the molecule is BC1=CC(B)C(B)C(B)=C1B. The van der Waals surface area contributed by atoms with Gasteiger partial charge in [0.2, 0.25) is 0 Å². The van der Waals surface area contributed by atoms with Gasteiger partial charge in [-0.25, -0.2) is 0 Å². The summed E-state index contributed by atoms with van der Waals surface area (Å²) in [5.41, 5.74) is 4.53. The average Bonchev–Trinajstić information content (AvgIpc) is 1.97. The lowest BCUT2D eigenvalue weighted by Gasteiger charge is -2.27. The molecular formula is C6H13B5. The van der Waals surface area contributed by atoms with Crippen LogP contribution < -0.4 is 0 Å². The van der Waals surface area contributed by atoms with Crippen molar-refractivity contribution in [3.63, 3.8) is 0 Å². The van der Waals surface area contributed by atoms with Gasteiger partial charge in [-0.15, -0.1) is 16.4 Å². The predicted octanol–water partition coefficient (Wildman–Crippen LogP) is -3.16. The molecule has 1 rings (SSSR count). The summed E-state index contributed by atoms with van der Waals surface area (Å²) in [5, 5.41) is 0. The highest BCUT2D eigenvalue weighted by Crippen LogP contribution is 2.33. The van der Waals surface area contributed by atoms with E-state index in [9.17, 15) is 0 Å². The molecule has 0 saturated carbocycles. The van der Waals surface area contributed by atoms with Crippen LogP contribution in [0.25, 0.3) is 0 Å². The quantitative estimate of drug-likeness (QED) is 0.311. The normalized spacial score (nSPS) is 31.8. The molecule has 5 heteroatoms. The standard InChI is InChI=1S/C6H13B5/c7-2-1-3(8)5(10)6(11)4(2)9/h1-2,4H,7-11H2. The van der Waals surface area contributed by atoms with Crippen LogP contribution in [0.5, 0.6) is 0 Å². The first-order chi connectivity index (χ1) is 5.04. The van der Waals surface area contributed by atoms with E-state index in [0.29, 0.717) is 0 Å². The molecule has 52 valence electrons. The van der Waals surface area contributed by atoms with Crippen LogP contribution in [0.2, 0.25) is 11.6 Å². The second-order valence-electron chi connectivity index (χ2n) is 3.81. The Bertz CT molecular complexity index is 229. The van der Waals surface area contributed by atoms with Crippen molar-refractivity contribution >= 4 is 39.2 Å². The molecule has 0 spiro atoms. The predicted molar refractivity (Wildman–Crippen MR) is 65.3 cm³/mol. The zero-order valence-electron chi connectivity index (χ0n) is 8.23. The fourth-order valence-corrected chi connectivity index (χ4v) is 1.71. The summed E-state index contributed by atoms with van der Waals surface area (Å²) in [4.78, 5) is 0. The highest BCUT2D eigenvalue weighted by atomic mass is 14.1. The smallest absolute Gasteiger partial charge is 0.122 e. The molecule has 2 atom stereocenters. The second kappa shape index (κ2) is 3.04. The largest absolute Gasteiger partial charge is 0.138 e. The maximum atomic E-state index is 2.38. The Morgan fingerprint density at radius 2 is 1.64 bits per heavy atom. The Hall–Kier alpha value is -0.195. The van der Waals surface area contributed by atoms with Crippen LogP contribution in [0.3, 0.4) is 0 Å². The van der Waals surface area contributed by atoms with Crippen molar-refractivity contribution in [2.75, 3.05) is 0 Å². The molecule has 11 heavy (non-hydrogen) atoms. The summed E-state index contributed by atoms with van der Waals surface area (Å²) >= 11 is 0. The van der Waals surface area contributed by atoms with E-state index in [2.05, 4.69) is 45.3 Å². The summed E-state index contributed by atoms with van der Waals surface area (Å²) in [6.45, 7) is 0. The summed E-state index contributed by atoms with van der Waals surface area (Å²) in [6, 6.07) is 0. The zero-order chi connectivity index (χ0) is 8.59. The van der Waals surface area contributed by atoms with E-state index in [1.54, 1.807) is 5.47 Å². The maximum absolute atomic E-state index is 2.38. The highest BCUT2D eigenvalue weighted by Gasteiger charge is 2.17. The van der Waals surface area contributed by atoms with Gasteiger partial charge in [0, 0.05) is 0 Å². The van der Waals surface area contributed by atoms with Gasteiger partial charge in [-0.2, -0.15) is 0 Å². The van der Waals surface area contributed by atoms with Crippen molar-refractivity contribution in [1.82, 2.24) is 0 Å². The molecule has 2 unspecified atom stereocenters. The first-order valence-electron chi connectivity index (χ1n) is 4.40. The fraction of sp³-hybridized carbons (Fsp3) is 0.333. The Kier molecular flexibility index (Phi) is 2.46. The molecule has 0 amide bonds. The molecule has 1 aliphatic carbocycles. The van der Waals surface area contributed by atoms with Crippen molar-refractivity contribution in [2.45, 2.75) is 11.6 Å². The molecule has 0 radical (unpaired) electrons. The first kappa shape index (κ1) is 8.90. The van der Waals surface area contributed by atoms with Crippen LogP contribution in [0.4, 0.5) is 0 Å². The Morgan fingerprint density at radius 3 is 2.18 bits per heavy atom. The second-order valence-corrected chi connectivity index (χ2v) is 3.81. The van der Waals surface area contributed by atoms with Crippen LogP contribution >= 0.6 is 0 Å². The van der Waals surface area contributed by atoms with Gasteiger partial charge in [0.25, 0.3) is 0 Å². The summed E-state index contributed by atoms with van der Waals surface area (Å²) in [5.74, 6) is 1.46. The Balaban J connectivity index is 3.02. The molecule has 0 aromatic heterocycles. The molecule has 0 bridgehead atoms. The van der Waals surface area contributed by atoms with E-state index < -0.39 is 0 Å². The Morgan fingerprint density at radius 1 is 1.09 bits per heavy atom. The van der Waals surface area contributed by atoms with Gasteiger partial charge in [0.15, 0.2) is 0 Å². The molecule has 0 fully saturated rings. The molecule has 0 aromatic rings. The van der Waals surface area contributed by atoms with Gasteiger partial charge >= 0.3 is 0 Å². The van der Waals surface area contributed by atoms with Crippen molar-refractivity contribution in [3.8, 4) is 0 Å². The van der Waals surface area contributed by atoms with Gasteiger partial charge in [-0.3, -0.25) is 0 Å². The summed E-state index contributed by atoms with van der Waals surface area (Å²) in [6.07, 6.45) is 2.38. The molecular weight excluding hydrogens is 126 g/mol. The third kappa shape index (κ3) is 1.52. The van der Waals surface area contributed by atoms with Crippen LogP contribution in [0, 0.1) is 0 Å². The lowest BCUT2D eigenvalue weighted by atomic mass is 9.51. The highest BCUT2D eigenvalue weighted by molar-refractivity contribution is 6.44. The number of hydrogen-bond donors (Lipinski definition) is 0. The van der Waals surface area contributed by atoms with Gasteiger partial charge in [-0.05, 0) is 0 Å². The van der Waals surface area contributed by atoms with E-state index in [1.807, 2.05) is 0 Å². The van der Waals surface area contributed by atoms with Crippen molar-refractivity contribution in [1.29, 1.82) is 0 Å². The third-order valence-electron chi connectivity index (χ3n) is 3.17. The molecule has 0 heterocycles. The molecule has 0 nitrogen and oxygen atoms in total. The van der Waals surface area contributed by atoms with Crippen LogP contribution in [0.1, 0.15) is 0 Å². The Labute approximate surface area is 73.9 Å². The number of rotatable bonds is 0. The minimum absolute atomic E-state index is 0.721. The molecule has 0 aliphatic heterocycles. The average molecular weight is 139 g/mol. The zero-order valence-corrected chi connectivity index (χ0v) is 8.23. The van der Waals surface area contributed by atoms with Gasteiger partial charge in [0.05, 0.1) is 0 Å². The van der Waals surface area contributed by atoms with E-state index in [1.165, 1.54) is 10.9 Å². The lowest BCUT2D eigenvalue weighted by Crippen LogP contribution is -2.14. The lowest BCUT2D eigenvalue weighted by molar-refractivity contribution is 0.992. The number of allylic oxidation sites excluding steroid dienone is 4. The maximum Gasteiger partial charge on any atom is 0.138 e. The van der Waals surface area contributed by atoms with Crippen molar-refractivity contribution in [2.24, 2.45) is 0 Å². The first-order valence-corrected chi connectivity index (χ1v) is 4.40. The summed E-state index contributed by atoms with van der Waals surface area (Å²) in [7, 11) is 11.3. The topological polar surface area (TPSA) is 0 Å². The van der Waals surface area contributed by atoms with E-state index >= 15 is 0 Å². The van der Waals surface area contributed by atoms with Gasteiger partial charge in [0.1, 0.15) is 39.2 Å². The van der Waals surface area contributed by atoms with Crippen LogP contribution in [-0.2, 0) is 0 Å². The van der Waals surface area contributed by atoms with Crippen LogP contribution in [0.15, 0.2) is 22.5 Å². The molecule has 0 aromatic carbocycles. The van der Waals surface area contributed by atoms with E-state index in [0.717, 1.165) is 11.6 Å². The van der Waals surface area contributed by atoms with E-state index in [-0.39, 0.29) is 0 Å². The third-order valence-corrected chi connectivity index (χ3v) is 3.17. The minimum atomic E-state index is 0.721. The van der Waals surface area contributed by atoms with Crippen molar-refractivity contribution in [3.05, 3.63) is 22.5 Å². The number of hydrogen-bond acceptors (Lipinski definition) is 0. The molecule has 1 aliphatic rings.